The van der Waals surface area contributed by atoms with Gasteiger partial charge in [-0.05, 0) is 24.0 Å². The van der Waals surface area contributed by atoms with Crippen LogP contribution in [0.15, 0.2) is 28.8 Å². The summed E-state index contributed by atoms with van der Waals surface area (Å²) in [5.74, 6) is 0.361. The van der Waals surface area contributed by atoms with E-state index in [1.54, 1.807) is 0 Å². The average Bonchev–Trinajstić information content (AvgIpc) is 3.14. The van der Waals surface area contributed by atoms with Crippen LogP contribution in [0.4, 0.5) is 4.79 Å². The van der Waals surface area contributed by atoms with Gasteiger partial charge in [0.05, 0.1) is 6.54 Å². The molecule has 4 rings (SSSR count). The molecule has 2 heterocycles. The Morgan fingerprint density at radius 2 is 2.12 bits per heavy atom. The van der Waals surface area contributed by atoms with Crippen LogP contribution in [-0.2, 0) is 35.5 Å². The number of nitrogens with one attached hydrogen (secondary N) is 1. The number of ether oxygens (including phenoxy) is 1. The van der Waals surface area contributed by atoms with Crippen LogP contribution < -0.4 is 5.32 Å². The average molecular weight is 342 g/mol. The van der Waals surface area contributed by atoms with Crippen molar-refractivity contribution >= 4 is 11.9 Å². The molecule has 25 heavy (non-hydrogen) atoms. The molecule has 1 unspecified atom stereocenters. The first-order valence-corrected chi connectivity index (χ1v) is 8.12. The Balaban J connectivity index is 1.54. The second-order valence-corrected chi connectivity index (χ2v) is 6.39. The molecule has 1 saturated heterocycles. The number of hydrogen-bond donors (Lipinski definition) is 1. The Bertz CT molecular complexity index is 834. The monoisotopic (exact) mass is 342 g/mol. The number of aromatic nitrogens is 2. The van der Waals surface area contributed by atoms with Gasteiger partial charge in [0.2, 0.25) is 0 Å². The van der Waals surface area contributed by atoms with Gasteiger partial charge in [0.15, 0.2) is 5.82 Å². The molecule has 1 aromatic heterocycles. The number of nitrogens with zero attached hydrogens (tertiary/aromatic N) is 3. The van der Waals surface area contributed by atoms with E-state index in [2.05, 4.69) is 21.5 Å². The largest absolute Gasteiger partial charge is 0.375 e. The van der Waals surface area contributed by atoms with Crippen LogP contribution in [0.1, 0.15) is 29.3 Å². The van der Waals surface area contributed by atoms with Gasteiger partial charge in [-0.15, -0.1) is 0 Å². The number of amides is 3. The van der Waals surface area contributed by atoms with Crippen molar-refractivity contribution in [1.82, 2.24) is 20.4 Å². The molecule has 0 bridgehead atoms. The summed E-state index contributed by atoms with van der Waals surface area (Å²) in [7, 11) is 1.52. The number of carbonyl (C=O) groups excluding carboxylic acids is 2. The molecule has 1 atom stereocenters. The molecule has 1 aliphatic heterocycles. The van der Waals surface area contributed by atoms with E-state index in [0.717, 1.165) is 16.9 Å². The molecular weight excluding hydrogens is 324 g/mol. The summed E-state index contributed by atoms with van der Waals surface area (Å²) in [6.45, 7) is 0.176. The van der Waals surface area contributed by atoms with Crippen LogP contribution in [-0.4, -0.2) is 39.6 Å². The van der Waals surface area contributed by atoms with Crippen molar-refractivity contribution in [3.8, 4) is 0 Å². The molecule has 1 N–H and O–H groups in total. The summed E-state index contributed by atoms with van der Waals surface area (Å²) >= 11 is 0. The van der Waals surface area contributed by atoms with E-state index >= 15 is 0 Å². The van der Waals surface area contributed by atoms with E-state index < -0.39 is 11.6 Å². The van der Waals surface area contributed by atoms with Crippen molar-refractivity contribution in [3.05, 3.63) is 47.1 Å². The van der Waals surface area contributed by atoms with Gasteiger partial charge in [-0.3, -0.25) is 9.69 Å². The number of rotatable bonds is 4. The van der Waals surface area contributed by atoms with Crippen molar-refractivity contribution in [3.63, 3.8) is 0 Å². The molecule has 0 radical (unpaired) electrons. The Labute approximate surface area is 144 Å². The second kappa shape index (κ2) is 5.96. The van der Waals surface area contributed by atoms with Gasteiger partial charge in [-0.25, -0.2) is 4.79 Å². The van der Waals surface area contributed by atoms with Gasteiger partial charge < -0.3 is 14.6 Å². The zero-order chi connectivity index (χ0) is 17.4. The second-order valence-electron chi connectivity index (χ2n) is 6.39. The zero-order valence-electron chi connectivity index (χ0n) is 13.8. The van der Waals surface area contributed by atoms with Gasteiger partial charge in [0.25, 0.3) is 11.8 Å². The van der Waals surface area contributed by atoms with Gasteiger partial charge in [0.1, 0.15) is 12.1 Å². The predicted octanol–water partition coefficient (Wildman–Crippen LogP) is 1.20. The first-order valence-electron chi connectivity index (χ1n) is 8.12. The van der Waals surface area contributed by atoms with Crippen molar-refractivity contribution < 1.29 is 18.8 Å². The number of hydrogen-bond acceptors (Lipinski definition) is 6. The minimum atomic E-state index is -0.871. The fourth-order valence-electron chi connectivity index (χ4n) is 3.52. The van der Waals surface area contributed by atoms with Crippen LogP contribution in [0.5, 0.6) is 0 Å². The van der Waals surface area contributed by atoms with Gasteiger partial charge in [-0.2, -0.15) is 4.98 Å². The van der Waals surface area contributed by atoms with Crippen LogP contribution in [0.2, 0.25) is 0 Å². The highest BCUT2D eigenvalue weighted by Crippen LogP contribution is 2.33. The van der Waals surface area contributed by atoms with Crippen molar-refractivity contribution in [2.45, 2.75) is 38.0 Å². The lowest BCUT2D eigenvalue weighted by molar-refractivity contribution is -0.132. The molecule has 3 amide bonds. The van der Waals surface area contributed by atoms with E-state index in [-0.39, 0.29) is 24.9 Å². The standard InChI is InChI=1S/C17H18N4O4/c1-24-10-14-18-13(20-25-14)9-21-15(22)17(19-16(21)23)7-6-11-4-2-3-5-12(11)8-17/h2-5H,6-10H2,1H3,(H,19,23). The van der Waals surface area contributed by atoms with Crippen molar-refractivity contribution in [2.75, 3.05) is 7.11 Å². The quantitative estimate of drug-likeness (QED) is 0.839. The Kier molecular flexibility index (Phi) is 3.76. The highest BCUT2D eigenvalue weighted by molar-refractivity contribution is 6.07. The maximum absolute atomic E-state index is 13.0. The highest BCUT2D eigenvalue weighted by atomic mass is 16.5. The summed E-state index contributed by atoms with van der Waals surface area (Å²) in [4.78, 5) is 30.6. The molecule has 1 aliphatic carbocycles. The molecular formula is C17H18N4O4. The smallest absolute Gasteiger partial charge is 0.325 e. The number of benzene rings is 1. The fourth-order valence-corrected chi connectivity index (χ4v) is 3.52. The Morgan fingerprint density at radius 1 is 1.32 bits per heavy atom. The Hall–Kier alpha value is -2.74. The molecule has 130 valence electrons. The van der Waals surface area contributed by atoms with Crippen LogP contribution in [0.25, 0.3) is 0 Å². The maximum Gasteiger partial charge on any atom is 0.325 e. The lowest BCUT2D eigenvalue weighted by atomic mass is 9.78. The minimum Gasteiger partial charge on any atom is -0.375 e. The third kappa shape index (κ3) is 2.68. The number of methoxy groups -OCH3 is 1. The summed E-state index contributed by atoms with van der Waals surface area (Å²) in [5, 5.41) is 6.69. The van der Waals surface area contributed by atoms with E-state index in [4.69, 9.17) is 9.26 Å². The maximum atomic E-state index is 13.0. The highest BCUT2D eigenvalue weighted by Gasteiger charge is 2.52. The fraction of sp³-hybridized carbons (Fsp3) is 0.412. The first kappa shape index (κ1) is 15.8. The summed E-state index contributed by atoms with van der Waals surface area (Å²) < 4.78 is 9.93. The summed E-state index contributed by atoms with van der Waals surface area (Å²) in [5.41, 5.74) is 1.46. The van der Waals surface area contributed by atoms with Crippen LogP contribution in [0.3, 0.4) is 0 Å². The SMILES string of the molecule is COCc1nc(CN2C(=O)NC3(CCc4ccccc4C3)C2=O)no1. The summed E-state index contributed by atoms with van der Waals surface area (Å²) in [6.07, 6.45) is 1.86. The molecule has 8 heteroatoms. The predicted molar refractivity (Wildman–Crippen MR) is 85.3 cm³/mol. The van der Waals surface area contributed by atoms with E-state index in [9.17, 15) is 9.59 Å². The van der Waals surface area contributed by atoms with Crippen LogP contribution in [0, 0.1) is 0 Å². The zero-order valence-corrected chi connectivity index (χ0v) is 13.8. The summed E-state index contributed by atoms with van der Waals surface area (Å²) in [6, 6.07) is 7.61. The third-order valence-electron chi connectivity index (χ3n) is 4.76. The number of carbonyl (C=O) groups is 2. The number of aryl methyl sites for hydroxylation is 1. The van der Waals surface area contributed by atoms with Gasteiger partial charge in [0, 0.05) is 13.5 Å². The van der Waals surface area contributed by atoms with Crippen LogP contribution >= 0.6 is 0 Å². The lowest BCUT2D eigenvalue weighted by Crippen LogP contribution is -2.51. The molecule has 1 aromatic carbocycles. The third-order valence-corrected chi connectivity index (χ3v) is 4.76. The van der Waals surface area contributed by atoms with Gasteiger partial charge in [-0.1, -0.05) is 29.4 Å². The molecule has 2 aliphatic rings. The normalized spacial score (nSPS) is 22.4. The topological polar surface area (TPSA) is 97.6 Å². The Morgan fingerprint density at radius 3 is 2.92 bits per heavy atom. The first-order chi connectivity index (χ1) is 12.1. The lowest BCUT2D eigenvalue weighted by Gasteiger charge is -2.32. The van der Waals surface area contributed by atoms with E-state index in [1.165, 1.54) is 12.7 Å². The molecule has 1 fully saturated rings. The number of urea groups is 1. The molecule has 8 nitrogen and oxygen atoms in total. The van der Waals surface area contributed by atoms with Gasteiger partial charge >= 0.3 is 6.03 Å². The number of fused-ring (bicyclic) bond motifs is 1. The van der Waals surface area contributed by atoms with Crippen molar-refractivity contribution in [1.29, 1.82) is 0 Å². The number of imide groups is 1. The van der Waals surface area contributed by atoms with E-state index in [0.29, 0.717) is 18.7 Å². The molecule has 1 spiro atoms. The minimum absolute atomic E-state index is 0.0126. The van der Waals surface area contributed by atoms with Crippen molar-refractivity contribution in [2.24, 2.45) is 0 Å². The molecule has 0 saturated carbocycles. The van der Waals surface area contributed by atoms with E-state index in [1.807, 2.05) is 18.2 Å². The molecule has 2 aromatic rings.